The van der Waals surface area contributed by atoms with Crippen molar-refractivity contribution in [3.05, 3.63) is 66.0 Å². The van der Waals surface area contributed by atoms with E-state index in [0.717, 1.165) is 25.0 Å². The first-order valence-electron chi connectivity index (χ1n) is 9.40. The summed E-state index contributed by atoms with van der Waals surface area (Å²) in [6.07, 6.45) is 4.21. The highest BCUT2D eigenvalue weighted by Gasteiger charge is 2.35. The maximum atomic E-state index is 13.3. The van der Waals surface area contributed by atoms with Crippen LogP contribution in [-0.2, 0) is 22.5 Å². The van der Waals surface area contributed by atoms with Gasteiger partial charge in [0.1, 0.15) is 0 Å². The van der Waals surface area contributed by atoms with Crippen LogP contribution in [0.4, 0.5) is 0 Å². The Morgan fingerprint density at radius 3 is 2.65 bits per heavy atom. The molecule has 4 nitrogen and oxygen atoms in total. The predicted molar refractivity (Wildman–Crippen MR) is 103 cm³/mol. The molecule has 0 unspecified atom stereocenters. The summed E-state index contributed by atoms with van der Waals surface area (Å²) < 4.78 is 5.79. The molecule has 0 bridgehead atoms. The van der Waals surface area contributed by atoms with Gasteiger partial charge in [-0.25, -0.2) is 0 Å². The first-order valence-corrected chi connectivity index (χ1v) is 9.40. The predicted octanol–water partition coefficient (Wildman–Crippen LogP) is 3.86. The lowest BCUT2D eigenvalue weighted by atomic mass is 9.87. The van der Waals surface area contributed by atoms with E-state index in [9.17, 15) is 4.79 Å². The second-order valence-corrected chi connectivity index (χ2v) is 7.61. The summed E-state index contributed by atoms with van der Waals surface area (Å²) in [5.41, 5.74) is 1.95. The number of hydrogen-bond acceptors (Lipinski definition) is 3. The maximum Gasteiger partial charge on any atom is 0.226 e. The number of carbonyl (C=O) groups excluding carboxylic acids is 1. The molecule has 1 amide bonds. The Bertz CT molecular complexity index is 701. The summed E-state index contributed by atoms with van der Waals surface area (Å²) in [5, 5.41) is 0. The number of nitrogens with zero attached hydrogens (tertiary/aromatic N) is 2. The van der Waals surface area contributed by atoms with Crippen LogP contribution in [0.25, 0.3) is 0 Å². The van der Waals surface area contributed by atoms with E-state index < -0.39 is 0 Å². The van der Waals surface area contributed by atoms with E-state index in [1.54, 1.807) is 6.20 Å². The number of amides is 1. The van der Waals surface area contributed by atoms with Gasteiger partial charge in [-0.15, -0.1) is 0 Å². The monoisotopic (exact) mass is 352 g/mol. The van der Waals surface area contributed by atoms with Crippen LogP contribution >= 0.6 is 0 Å². The lowest BCUT2D eigenvalue weighted by Gasteiger charge is -2.37. The Kier molecular flexibility index (Phi) is 6.04. The summed E-state index contributed by atoms with van der Waals surface area (Å²) in [4.78, 5) is 19.6. The minimum Gasteiger partial charge on any atom is -0.376 e. The largest absolute Gasteiger partial charge is 0.376 e. The zero-order valence-electron chi connectivity index (χ0n) is 15.7. The lowest BCUT2D eigenvalue weighted by molar-refractivity contribution is -0.146. The molecule has 0 N–H and O–H groups in total. The number of carbonyl (C=O) groups is 1. The normalized spacial score (nSPS) is 19.1. The van der Waals surface area contributed by atoms with Crippen molar-refractivity contribution < 1.29 is 9.53 Å². The molecule has 0 radical (unpaired) electrons. The van der Waals surface area contributed by atoms with E-state index in [0.29, 0.717) is 19.7 Å². The molecular formula is C22H28N2O2. The van der Waals surface area contributed by atoms with Crippen molar-refractivity contribution >= 4 is 5.91 Å². The topological polar surface area (TPSA) is 42.4 Å². The van der Waals surface area contributed by atoms with Crippen molar-refractivity contribution in [1.29, 1.82) is 0 Å². The third kappa shape index (κ3) is 5.15. The van der Waals surface area contributed by atoms with Crippen LogP contribution in [0.2, 0.25) is 0 Å². The van der Waals surface area contributed by atoms with Crippen molar-refractivity contribution in [3.8, 4) is 0 Å². The summed E-state index contributed by atoms with van der Waals surface area (Å²) in [5.74, 6) is 0.251. The number of hydrogen-bond donors (Lipinski definition) is 0. The molecule has 138 valence electrons. The molecule has 2 aromatic rings. The number of pyridine rings is 1. The molecule has 1 aromatic heterocycles. The molecule has 0 saturated carbocycles. The SMILES string of the molecule is CC1(C)C[C@H](C(=O)N(CCc2ccccc2)Cc2ccccn2)CCO1. The van der Waals surface area contributed by atoms with Gasteiger partial charge in [0.25, 0.3) is 0 Å². The Labute approximate surface area is 156 Å². The van der Waals surface area contributed by atoms with Crippen LogP contribution < -0.4 is 0 Å². The second kappa shape index (κ2) is 8.45. The molecule has 4 heteroatoms. The van der Waals surface area contributed by atoms with Gasteiger partial charge in [0.2, 0.25) is 5.91 Å². The van der Waals surface area contributed by atoms with Crippen molar-refractivity contribution in [1.82, 2.24) is 9.88 Å². The molecule has 1 aliphatic rings. The summed E-state index contributed by atoms with van der Waals surface area (Å²) in [6, 6.07) is 16.2. The fourth-order valence-electron chi connectivity index (χ4n) is 3.56. The Balaban J connectivity index is 1.72. The van der Waals surface area contributed by atoms with Gasteiger partial charge in [-0.2, -0.15) is 0 Å². The van der Waals surface area contributed by atoms with Crippen molar-refractivity contribution in [2.24, 2.45) is 5.92 Å². The number of aromatic nitrogens is 1. The number of rotatable bonds is 6. The minimum atomic E-state index is -0.228. The van der Waals surface area contributed by atoms with Gasteiger partial charge in [-0.05, 0) is 50.8 Å². The zero-order valence-corrected chi connectivity index (χ0v) is 15.7. The molecular weight excluding hydrogens is 324 g/mol. The standard InChI is InChI=1S/C22H28N2O2/c1-22(2)16-19(12-15-26-22)21(25)24(17-20-10-6-7-13-23-20)14-11-18-8-4-3-5-9-18/h3-10,13,19H,11-12,14-17H2,1-2H3/t19-/m1/s1. The summed E-state index contributed by atoms with van der Waals surface area (Å²) in [6.45, 7) is 6.06. The van der Waals surface area contributed by atoms with E-state index in [1.165, 1.54) is 5.56 Å². The highest BCUT2D eigenvalue weighted by atomic mass is 16.5. The van der Waals surface area contributed by atoms with Crippen LogP contribution in [0.15, 0.2) is 54.7 Å². The number of ether oxygens (including phenoxy) is 1. The molecule has 1 aliphatic heterocycles. The average molecular weight is 352 g/mol. The van der Waals surface area contributed by atoms with Crippen molar-refractivity contribution in [3.63, 3.8) is 0 Å². The van der Waals surface area contributed by atoms with Crippen molar-refractivity contribution in [2.75, 3.05) is 13.2 Å². The number of benzene rings is 1. The second-order valence-electron chi connectivity index (χ2n) is 7.61. The van der Waals surface area contributed by atoms with Crippen molar-refractivity contribution in [2.45, 2.75) is 45.3 Å². The Morgan fingerprint density at radius 1 is 1.19 bits per heavy atom. The fraction of sp³-hybridized carbons (Fsp3) is 0.455. The Morgan fingerprint density at radius 2 is 1.96 bits per heavy atom. The molecule has 0 aliphatic carbocycles. The highest BCUT2D eigenvalue weighted by molar-refractivity contribution is 5.79. The van der Waals surface area contributed by atoms with E-state index in [-0.39, 0.29) is 17.4 Å². The van der Waals surface area contributed by atoms with E-state index >= 15 is 0 Å². The van der Waals surface area contributed by atoms with Crippen LogP contribution in [0.3, 0.4) is 0 Å². The molecule has 26 heavy (non-hydrogen) atoms. The zero-order chi connectivity index (χ0) is 18.4. The van der Waals surface area contributed by atoms with Gasteiger partial charge in [-0.3, -0.25) is 9.78 Å². The van der Waals surface area contributed by atoms with E-state index in [2.05, 4.69) is 31.0 Å². The first kappa shape index (κ1) is 18.6. The third-order valence-electron chi connectivity index (χ3n) is 4.95. The van der Waals surface area contributed by atoms with Gasteiger partial charge in [0.05, 0.1) is 17.8 Å². The maximum absolute atomic E-state index is 13.3. The molecule has 1 atom stereocenters. The summed E-state index contributed by atoms with van der Waals surface area (Å²) >= 11 is 0. The molecule has 1 saturated heterocycles. The fourth-order valence-corrected chi connectivity index (χ4v) is 3.56. The molecule has 0 spiro atoms. The molecule has 1 aromatic carbocycles. The van der Waals surface area contributed by atoms with Gasteiger partial charge in [0, 0.05) is 25.3 Å². The van der Waals surface area contributed by atoms with Crippen LogP contribution in [0.1, 0.15) is 37.9 Å². The van der Waals surface area contributed by atoms with Crippen LogP contribution in [-0.4, -0.2) is 34.5 Å². The molecule has 1 fully saturated rings. The average Bonchev–Trinajstić information content (AvgIpc) is 2.65. The molecule has 3 rings (SSSR count). The third-order valence-corrected chi connectivity index (χ3v) is 4.95. The van der Waals surface area contributed by atoms with Gasteiger partial charge in [0.15, 0.2) is 0 Å². The quantitative estimate of drug-likeness (QED) is 0.793. The highest BCUT2D eigenvalue weighted by Crippen LogP contribution is 2.30. The molecule has 2 heterocycles. The lowest BCUT2D eigenvalue weighted by Crippen LogP contribution is -2.44. The smallest absolute Gasteiger partial charge is 0.226 e. The first-order chi connectivity index (χ1) is 12.5. The van der Waals surface area contributed by atoms with Crippen LogP contribution in [0.5, 0.6) is 0 Å². The van der Waals surface area contributed by atoms with Crippen LogP contribution in [0, 0.1) is 5.92 Å². The van der Waals surface area contributed by atoms with E-state index in [1.807, 2.05) is 41.3 Å². The van der Waals surface area contributed by atoms with Gasteiger partial charge in [-0.1, -0.05) is 36.4 Å². The van der Waals surface area contributed by atoms with E-state index in [4.69, 9.17) is 4.74 Å². The minimum absolute atomic E-state index is 0.0261. The Hall–Kier alpha value is -2.20. The van der Waals surface area contributed by atoms with Gasteiger partial charge >= 0.3 is 0 Å². The van der Waals surface area contributed by atoms with Gasteiger partial charge < -0.3 is 9.64 Å². The summed E-state index contributed by atoms with van der Waals surface area (Å²) in [7, 11) is 0.